The first kappa shape index (κ1) is 22.5. The normalized spacial score (nSPS) is 11.9. The number of halogens is 2. The molecular formula is C20H21Cl2N3O4. The summed E-state index contributed by atoms with van der Waals surface area (Å²) in [7, 11) is 2.88. The maximum atomic E-state index is 12.7. The van der Waals surface area contributed by atoms with Gasteiger partial charge in [0.25, 0.3) is 5.91 Å². The topological polar surface area (TPSA) is 92.5 Å². The lowest BCUT2D eigenvalue weighted by Crippen LogP contribution is -2.15. The van der Waals surface area contributed by atoms with Crippen LogP contribution in [0.5, 0.6) is 11.5 Å². The monoisotopic (exact) mass is 437 g/mol. The smallest absolute Gasteiger partial charge is 0.279 e. The Morgan fingerprint density at radius 1 is 1.10 bits per heavy atom. The van der Waals surface area contributed by atoms with Crippen molar-refractivity contribution >= 4 is 40.5 Å². The molecule has 0 aromatic heterocycles. The predicted octanol–water partition coefficient (Wildman–Crippen LogP) is 6.08. The molecule has 0 aliphatic rings. The van der Waals surface area contributed by atoms with Crippen molar-refractivity contribution in [1.82, 2.24) is 0 Å². The van der Waals surface area contributed by atoms with Gasteiger partial charge in [0.15, 0.2) is 5.70 Å². The Kier molecular flexibility index (Phi) is 7.87. The number of benzene rings is 2. The molecule has 154 valence electrons. The Morgan fingerprint density at radius 3 is 2.34 bits per heavy atom. The lowest BCUT2D eigenvalue weighted by Gasteiger charge is -2.13. The first-order valence-electron chi connectivity index (χ1n) is 8.63. The number of aliphatic hydroxyl groups excluding tert-OH is 1. The SMILES string of the molecule is CCc1ccc(N=N/C(C(=O)Nc2cc(OC)c(Cl)cc2OC)=C(\C)O)c(Cl)c1. The van der Waals surface area contributed by atoms with Gasteiger partial charge in [-0.15, -0.1) is 10.2 Å². The van der Waals surface area contributed by atoms with E-state index in [4.69, 9.17) is 32.7 Å². The Bertz CT molecular complexity index is 970. The highest BCUT2D eigenvalue weighted by Gasteiger charge is 2.18. The molecule has 7 nitrogen and oxygen atoms in total. The van der Waals surface area contributed by atoms with Gasteiger partial charge in [0.1, 0.15) is 22.9 Å². The molecule has 2 aromatic rings. The van der Waals surface area contributed by atoms with E-state index in [1.54, 1.807) is 12.1 Å². The zero-order valence-electron chi connectivity index (χ0n) is 16.4. The Labute approximate surface area is 179 Å². The summed E-state index contributed by atoms with van der Waals surface area (Å²) in [4.78, 5) is 12.7. The van der Waals surface area contributed by atoms with Gasteiger partial charge < -0.3 is 19.9 Å². The largest absolute Gasteiger partial charge is 0.510 e. The van der Waals surface area contributed by atoms with Crippen LogP contribution in [0, 0.1) is 0 Å². The second-order valence-corrected chi connectivity index (χ2v) is 6.73. The van der Waals surface area contributed by atoms with Crippen LogP contribution in [0.2, 0.25) is 10.0 Å². The van der Waals surface area contributed by atoms with Gasteiger partial charge >= 0.3 is 0 Å². The molecule has 0 saturated heterocycles. The molecule has 0 saturated carbocycles. The second kappa shape index (κ2) is 10.1. The average molecular weight is 438 g/mol. The molecule has 2 rings (SSSR count). The number of nitrogens with one attached hydrogen (secondary N) is 1. The molecular weight excluding hydrogens is 417 g/mol. The first-order valence-corrected chi connectivity index (χ1v) is 9.39. The maximum Gasteiger partial charge on any atom is 0.279 e. The van der Waals surface area contributed by atoms with Crippen LogP contribution in [0.1, 0.15) is 19.4 Å². The number of rotatable bonds is 7. The van der Waals surface area contributed by atoms with E-state index in [-0.39, 0.29) is 17.1 Å². The molecule has 0 atom stereocenters. The number of methoxy groups -OCH3 is 2. The molecule has 0 spiro atoms. The quantitative estimate of drug-likeness (QED) is 0.311. The molecule has 2 aromatic carbocycles. The number of allylic oxidation sites excluding steroid dienone is 1. The number of hydrogen-bond donors (Lipinski definition) is 2. The number of azo groups is 1. The summed E-state index contributed by atoms with van der Waals surface area (Å²) in [6, 6.07) is 8.33. The average Bonchev–Trinajstić information content (AvgIpc) is 2.69. The third-order valence-electron chi connectivity index (χ3n) is 3.96. The number of carbonyl (C=O) groups is 1. The van der Waals surface area contributed by atoms with E-state index < -0.39 is 5.91 Å². The number of aryl methyl sites for hydroxylation is 1. The minimum Gasteiger partial charge on any atom is -0.510 e. The molecule has 0 bridgehead atoms. The van der Waals surface area contributed by atoms with Crippen molar-refractivity contribution in [2.45, 2.75) is 20.3 Å². The van der Waals surface area contributed by atoms with Crippen LogP contribution in [-0.4, -0.2) is 25.2 Å². The number of hydrogen-bond acceptors (Lipinski definition) is 6. The van der Waals surface area contributed by atoms with E-state index in [2.05, 4.69) is 15.5 Å². The van der Waals surface area contributed by atoms with E-state index in [1.807, 2.05) is 13.0 Å². The molecule has 0 unspecified atom stereocenters. The van der Waals surface area contributed by atoms with Crippen molar-refractivity contribution in [1.29, 1.82) is 0 Å². The van der Waals surface area contributed by atoms with Gasteiger partial charge in [0, 0.05) is 12.1 Å². The first-order chi connectivity index (χ1) is 13.8. The standard InChI is InChI=1S/C20H21Cl2N3O4/c1-5-12-6-7-15(13(21)8-12)24-25-19(11(2)26)20(27)23-16-10-17(28-3)14(22)9-18(16)29-4/h6-10,26H,5H2,1-4H3,(H,23,27)/b19-11+,25-24?. The van der Waals surface area contributed by atoms with Crippen LogP contribution < -0.4 is 14.8 Å². The van der Waals surface area contributed by atoms with Crippen LogP contribution >= 0.6 is 23.2 Å². The van der Waals surface area contributed by atoms with Crippen LogP contribution in [0.3, 0.4) is 0 Å². The van der Waals surface area contributed by atoms with Gasteiger partial charge in [-0.3, -0.25) is 4.79 Å². The van der Waals surface area contributed by atoms with E-state index >= 15 is 0 Å². The highest BCUT2D eigenvalue weighted by atomic mass is 35.5. The fourth-order valence-electron chi connectivity index (χ4n) is 2.38. The summed E-state index contributed by atoms with van der Waals surface area (Å²) in [5.74, 6) is -0.349. The van der Waals surface area contributed by atoms with Crippen molar-refractivity contribution in [3.8, 4) is 11.5 Å². The molecule has 9 heteroatoms. The summed E-state index contributed by atoms with van der Waals surface area (Å²) in [6.07, 6.45) is 0.826. The van der Waals surface area contributed by atoms with Crippen molar-refractivity contribution < 1.29 is 19.4 Å². The molecule has 0 aliphatic carbocycles. The Hall–Kier alpha value is -2.77. The van der Waals surface area contributed by atoms with Gasteiger partial charge in [0.2, 0.25) is 0 Å². The van der Waals surface area contributed by atoms with Gasteiger partial charge in [-0.05, 0) is 31.0 Å². The third kappa shape index (κ3) is 5.62. The lowest BCUT2D eigenvalue weighted by molar-refractivity contribution is -0.113. The minimum absolute atomic E-state index is 0.281. The summed E-state index contributed by atoms with van der Waals surface area (Å²) in [5.41, 5.74) is 1.43. The molecule has 0 aliphatic heterocycles. The van der Waals surface area contributed by atoms with E-state index in [9.17, 15) is 9.90 Å². The van der Waals surface area contributed by atoms with Crippen molar-refractivity contribution in [3.05, 3.63) is 57.4 Å². The van der Waals surface area contributed by atoms with Crippen molar-refractivity contribution in [3.63, 3.8) is 0 Å². The number of anilines is 1. The van der Waals surface area contributed by atoms with Crippen LogP contribution in [0.15, 0.2) is 52.0 Å². The van der Waals surface area contributed by atoms with Gasteiger partial charge in [-0.25, -0.2) is 0 Å². The van der Waals surface area contributed by atoms with E-state index in [0.717, 1.165) is 12.0 Å². The molecule has 29 heavy (non-hydrogen) atoms. The lowest BCUT2D eigenvalue weighted by atomic mass is 10.1. The van der Waals surface area contributed by atoms with Crippen LogP contribution in [0.25, 0.3) is 0 Å². The molecule has 0 heterocycles. The number of carbonyl (C=O) groups excluding carboxylic acids is 1. The third-order valence-corrected chi connectivity index (χ3v) is 4.56. The fraction of sp³-hybridized carbons (Fsp3) is 0.250. The summed E-state index contributed by atoms with van der Waals surface area (Å²) in [6.45, 7) is 3.34. The zero-order valence-corrected chi connectivity index (χ0v) is 17.9. The highest BCUT2D eigenvalue weighted by Crippen LogP contribution is 2.36. The number of nitrogens with zero attached hydrogens (tertiary/aromatic N) is 2. The van der Waals surface area contributed by atoms with Gasteiger partial charge in [-0.1, -0.05) is 36.2 Å². The van der Waals surface area contributed by atoms with Crippen molar-refractivity contribution in [2.24, 2.45) is 10.2 Å². The molecule has 0 fully saturated rings. The molecule has 1 amide bonds. The van der Waals surface area contributed by atoms with Crippen molar-refractivity contribution in [2.75, 3.05) is 19.5 Å². The zero-order chi connectivity index (χ0) is 21.6. The summed E-state index contributed by atoms with van der Waals surface area (Å²) < 4.78 is 10.4. The van der Waals surface area contributed by atoms with Gasteiger partial charge in [-0.2, -0.15) is 0 Å². The predicted molar refractivity (Wildman–Crippen MR) is 114 cm³/mol. The molecule has 0 radical (unpaired) electrons. The second-order valence-electron chi connectivity index (χ2n) is 5.91. The minimum atomic E-state index is -0.697. The number of aliphatic hydroxyl groups is 1. The fourth-order valence-corrected chi connectivity index (χ4v) is 2.85. The summed E-state index contributed by atoms with van der Waals surface area (Å²) in [5, 5.41) is 21.1. The van der Waals surface area contributed by atoms with E-state index in [0.29, 0.717) is 27.2 Å². The highest BCUT2D eigenvalue weighted by molar-refractivity contribution is 6.33. The van der Waals surface area contributed by atoms with Crippen LogP contribution in [-0.2, 0) is 11.2 Å². The number of ether oxygens (including phenoxy) is 2. The van der Waals surface area contributed by atoms with Gasteiger partial charge in [0.05, 0.1) is 30.0 Å². The Balaban J connectivity index is 2.31. The maximum absolute atomic E-state index is 12.7. The number of amides is 1. The van der Waals surface area contributed by atoms with E-state index in [1.165, 1.54) is 33.3 Å². The Morgan fingerprint density at radius 2 is 1.79 bits per heavy atom. The van der Waals surface area contributed by atoms with Crippen LogP contribution in [0.4, 0.5) is 11.4 Å². The summed E-state index contributed by atoms with van der Waals surface area (Å²) >= 11 is 12.3. The molecule has 2 N–H and O–H groups in total.